The standard InChI is InChI=1S/C14H26N2S2/c1-5-7-12-13(9-15-8-6-2)18-14(16-12)10-17-11(3)4/h11,15H,5-10H2,1-4H3. The first kappa shape index (κ1) is 16.0. The Balaban J connectivity index is 2.61. The molecule has 0 aliphatic heterocycles. The molecule has 0 fully saturated rings. The van der Waals surface area contributed by atoms with Gasteiger partial charge in [-0.2, -0.15) is 11.8 Å². The van der Waals surface area contributed by atoms with Crippen LogP contribution >= 0.6 is 23.1 Å². The third-order valence-electron chi connectivity index (χ3n) is 2.56. The van der Waals surface area contributed by atoms with E-state index in [1.807, 2.05) is 23.1 Å². The van der Waals surface area contributed by atoms with Crippen LogP contribution in [-0.4, -0.2) is 16.8 Å². The molecular weight excluding hydrogens is 260 g/mol. The van der Waals surface area contributed by atoms with Gasteiger partial charge < -0.3 is 5.32 Å². The second-order valence-corrected chi connectivity index (χ2v) is 7.50. The van der Waals surface area contributed by atoms with Crippen molar-refractivity contribution < 1.29 is 0 Å². The number of aromatic nitrogens is 1. The average Bonchev–Trinajstić information content (AvgIpc) is 2.70. The topological polar surface area (TPSA) is 24.9 Å². The third kappa shape index (κ3) is 5.72. The van der Waals surface area contributed by atoms with E-state index >= 15 is 0 Å². The summed E-state index contributed by atoms with van der Waals surface area (Å²) < 4.78 is 0. The van der Waals surface area contributed by atoms with Crippen molar-refractivity contribution in [3.8, 4) is 0 Å². The van der Waals surface area contributed by atoms with Gasteiger partial charge in [-0.3, -0.25) is 0 Å². The van der Waals surface area contributed by atoms with Gasteiger partial charge in [0.1, 0.15) is 5.01 Å². The van der Waals surface area contributed by atoms with Gasteiger partial charge in [0.05, 0.1) is 5.69 Å². The summed E-state index contributed by atoms with van der Waals surface area (Å²) in [5.41, 5.74) is 1.32. The number of aryl methyl sites for hydroxylation is 1. The zero-order valence-electron chi connectivity index (χ0n) is 12.1. The Morgan fingerprint density at radius 3 is 2.67 bits per heavy atom. The molecule has 0 aliphatic carbocycles. The number of hydrogen-bond donors (Lipinski definition) is 1. The highest BCUT2D eigenvalue weighted by Gasteiger charge is 2.10. The van der Waals surface area contributed by atoms with Crippen LogP contribution in [0.3, 0.4) is 0 Å². The first-order chi connectivity index (χ1) is 8.67. The van der Waals surface area contributed by atoms with E-state index in [-0.39, 0.29) is 0 Å². The van der Waals surface area contributed by atoms with E-state index in [1.165, 1.54) is 28.4 Å². The molecule has 1 N–H and O–H groups in total. The lowest BCUT2D eigenvalue weighted by Gasteiger charge is -2.02. The zero-order chi connectivity index (χ0) is 13.4. The van der Waals surface area contributed by atoms with Gasteiger partial charge >= 0.3 is 0 Å². The molecule has 0 aliphatic rings. The zero-order valence-corrected chi connectivity index (χ0v) is 13.7. The van der Waals surface area contributed by atoms with Crippen molar-refractivity contribution in [3.05, 3.63) is 15.6 Å². The lowest BCUT2D eigenvalue weighted by atomic mass is 10.2. The molecule has 0 amide bonds. The van der Waals surface area contributed by atoms with Crippen LogP contribution in [0.1, 0.15) is 56.1 Å². The second-order valence-electron chi connectivity index (χ2n) is 4.76. The summed E-state index contributed by atoms with van der Waals surface area (Å²) in [7, 11) is 0. The monoisotopic (exact) mass is 286 g/mol. The predicted molar refractivity (Wildman–Crippen MR) is 84.5 cm³/mol. The second kappa shape index (κ2) is 8.94. The Kier molecular flexibility index (Phi) is 7.95. The maximum Gasteiger partial charge on any atom is 0.103 e. The average molecular weight is 287 g/mol. The van der Waals surface area contributed by atoms with E-state index in [0.29, 0.717) is 5.25 Å². The summed E-state index contributed by atoms with van der Waals surface area (Å²) in [5, 5.41) is 5.47. The molecule has 1 heterocycles. The fourth-order valence-corrected chi connectivity index (χ4v) is 3.55. The summed E-state index contributed by atoms with van der Waals surface area (Å²) in [6.07, 6.45) is 3.49. The van der Waals surface area contributed by atoms with Crippen LogP contribution in [0.15, 0.2) is 0 Å². The number of hydrogen-bond acceptors (Lipinski definition) is 4. The summed E-state index contributed by atoms with van der Waals surface area (Å²) >= 11 is 3.88. The molecular formula is C14H26N2S2. The van der Waals surface area contributed by atoms with E-state index in [1.54, 1.807) is 0 Å². The maximum atomic E-state index is 4.81. The van der Waals surface area contributed by atoms with Gasteiger partial charge in [0.2, 0.25) is 0 Å². The van der Waals surface area contributed by atoms with Crippen LogP contribution < -0.4 is 5.32 Å². The summed E-state index contributed by atoms with van der Waals surface area (Å²) in [4.78, 5) is 6.26. The first-order valence-corrected chi connectivity index (χ1v) is 8.83. The molecule has 0 atom stereocenters. The Bertz CT molecular complexity index is 335. The highest BCUT2D eigenvalue weighted by Crippen LogP contribution is 2.25. The smallest absolute Gasteiger partial charge is 0.103 e. The van der Waals surface area contributed by atoms with E-state index in [9.17, 15) is 0 Å². The number of nitrogens with one attached hydrogen (secondary N) is 1. The van der Waals surface area contributed by atoms with Gasteiger partial charge in [-0.15, -0.1) is 11.3 Å². The van der Waals surface area contributed by atoms with Crippen molar-refractivity contribution in [1.82, 2.24) is 10.3 Å². The van der Waals surface area contributed by atoms with E-state index in [0.717, 1.165) is 25.3 Å². The van der Waals surface area contributed by atoms with Crippen molar-refractivity contribution in [3.63, 3.8) is 0 Å². The molecule has 0 saturated carbocycles. The molecule has 0 spiro atoms. The molecule has 4 heteroatoms. The van der Waals surface area contributed by atoms with Crippen LogP contribution in [0.4, 0.5) is 0 Å². The van der Waals surface area contributed by atoms with Gasteiger partial charge in [-0.05, 0) is 24.6 Å². The van der Waals surface area contributed by atoms with Crippen LogP contribution in [0, 0.1) is 0 Å². The van der Waals surface area contributed by atoms with Crippen molar-refractivity contribution in [1.29, 1.82) is 0 Å². The lowest BCUT2D eigenvalue weighted by molar-refractivity contribution is 0.674. The van der Waals surface area contributed by atoms with Gasteiger partial charge in [0.25, 0.3) is 0 Å². The molecule has 1 aromatic heterocycles. The third-order valence-corrected chi connectivity index (χ3v) is 4.95. The molecule has 0 saturated heterocycles. The summed E-state index contributed by atoms with van der Waals surface area (Å²) in [6.45, 7) is 11.0. The van der Waals surface area contributed by atoms with Crippen LogP contribution in [0.2, 0.25) is 0 Å². The van der Waals surface area contributed by atoms with Gasteiger partial charge in [0, 0.05) is 17.2 Å². The molecule has 0 bridgehead atoms. The normalized spacial score (nSPS) is 11.4. The summed E-state index contributed by atoms with van der Waals surface area (Å²) in [5.74, 6) is 1.06. The Labute approximate surface area is 120 Å². The van der Waals surface area contributed by atoms with Crippen LogP contribution in [0.25, 0.3) is 0 Å². The van der Waals surface area contributed by atoms with Crippen LogP contribution in [0.5, 0.6) is 0 Å². The Morgan fingerprint density at radius 1 is 1.28 bits per heavy atom. The highest BCUT2D eigenvalue weighted by atomic mass is 32.2. The van der Waals surface area contributed by atoms with Gasteiger partial charge in [0.15, 0.2) is 0 Å². The Hall–Kier alpha value is -0.0600. The number of rotatable bonds is 9. The van der Waals surface area contributed by atoms with Crippen molar-refractivity contribution in [2.24, 2.45) is 0 Å². The van der Waals surface area contributed by atoms with Crippen molar-refractivity contribution in [2.75, 3.05) is 6.54 Å². The minimum atomic E-state index is 0.685. The molecule has 1 aromatic rings. The molecule has 18 heavy (non-hydrogen) atoms. The molecule has 0 unspecified atom stereocenters. The minimum absolute atomic E-state index is 0.685. The quantitative estimate of drug-likeness (QED) is 0.687. The fraction of sp³-hybridized carbons (Fsp3) is 0.786. The fourth-order valence-electron chi connectivity index (χ4n) is 1.69. The predicted octanol–water partition coefficient (Wildman–Crippen LogP) is 4.24. The number of thiazole rings is 1. The van der Waals surface area contributed by atoms with E-state index in [2.05, 4.69) is 33.0 Å². The van der Waals surface area contributed by atoms with E-state index in [4.69, 9.17) is 4.98 Å². The van der Waals surface area contributed by atoms with Gasteiger partial charge in [-0.25, -0.2) is 4.98 Å². The van der Waals surface area contributed by atoms with Gasteiger partial charge in [-0.1, -0.05) is 34.1 Å². The number of nitrogens with zero attached hydrogens (tertiary/aromatic N) is 1. The first-order valence-electron chi connectivity index (χ1n) is 6.97. The molecule has 0 aromatic carbocycles. The van der Waals surface area contributed by atoms with Crippen molar-refractivity contribution in [2.45, 2.75) is 64.5 Å². The van der Waals surface area contributed by atoms with E-state index < -0.39 is 0 Å². The molecule has 0 radical (unpaired) electrons. The SMILES string of the molecule is CCCNCc1sc(CSC(C)C)nc1CCC. The molecule has 2 nitrogen and oxygen atoms in total. The number of thioether (sulfide) groups is 1. The van der Waals surface area contributed by atoms with Crippen LogP contribution in [-0.2, 0) is 18.7 Å². The lowest BCUT2D eigenvalue weighted by Crippen LogP contribution is -2.13. The maximum absolute atomic E-state index is 4.81. The molecule has 1 rings (SSSR count). The molecule has 104 valence electrons. The largest absolute Gasteiger partial charge is 0.312 e. The Morgan fingerprint density at radius 2 is 2.06 bits per heavy atom. The van der Waals surface area contributed by atoms with Crippen molar-refractivity contribution >= 4 is 23.1 Å². The summed E-state index contributed by atoms with van der Waals surface area (Å²) in [6, 6.07) is 0. The highest BCUT2D eigenvalue weighted by molar-refractivity contribution is 7.99. The minimum Gasteiger partial charge on any atom is -0.312 e.